The first-order chi connectivity index (χ1) is 20.3. The normalized spacial score (nSPS) is 22.8. The number of methoxy groups -OCH3 is 1. The molecule has 0 N–H and O–H groups in total. The molecular formula is C32H37NO8S. The van der Waals surface area contributed by atoms with Crippen LogP contribution in [0.15, 0.2) is 47.9 Å². The topological polar surface area (TPSA) is 110 Å². The van der Waals surface area contributed by atoms with Gasteiger partial charge in [0, 0.05) is 36.1 Å². The van der Waals surface area contributed by atoms with Gasteiger partial charge in [0.25, 0.3) is 0 Å². The zero-order chi connectivity index (χ0) is 29.3. The number of fused-ring (bicyclic) bond motifs is 4. The van der Waals surface area contributed by atoms with Gasteiger partial charge >= 0.3 is 5.97 Å². The number of nitrogens with zero attached hydrogens (tertiary/aromatic N) is 1. The number of pyridine rings is 1. The summed E-state index contributed by atoms with van der Waals surface area (Å²) in [5, 5.41) is 0. The molecule has 1 aliphatic carbocycles. The van der Waals surface area contributed by atoms with Crippen molar-refractivity contribution in [1.29, 1.82) is 0 Å². The molecule has 0 spiro atoms. The van der Waals surface area contributed by atoms with Crippen LogP contribution in [0.4, 0.5) is 0 Å². The lowest BCUT2D eigenvalue weighted by Crippen LogP contribution is -2.26. The summed E-state index contributed by atoms with van der Waals surface area (Å²) >= 11 is 0. The van der Waals surface area contributed by atoms with Crippen LogP contribution in [-0.2, 0) is 41.9 Å². The molecule has 4 aliphatic rings. The molecule has 224 valence electrons. The van der Waals surface area contributed by atoms with E-state index >= 15 is 0 Å². The van der Waals surface area contributed by atoms with Crippen LogP contribution in [0.2, 0.25) is 0 Å². The van der Waals surface area contributed by atoms with Crippen molar-refractivity contribution in [2.45, 2.75) is 51.7 Å². The summed E-state index contributed by atoms with van der Waals surface area (Å²) in [5.41, 5.74) is 6.32. The van der Waals surface area contributed by atoms with E-state index in [1.165, 1.54) is 7.11 Å². The van der Waals surface area contributed by atoms with E-state index in [1.54, 1.807) is 6.20 Å². The van der Waals surface area contributed by atoms with E-state index in [-0.39, 0.29) is 35.4 Å². The molecule has 1 aromatic heterocycles. The van der Waals surface area contributed by atoms with E-state index < -0.39 is 9.84 Å². The highest BCUT2D eigenvalue weighted by atomic mass is 32.2. The van der Waals surface area contributed by atoms with Gasteiger partial charge in [-0.25, -0.2) is 13.4 Å². The fraction of sp³-hybridized carbons (Fsp3) is 0.500. The molecule has 2 aromatic rings. The molecule has 0 bridgehead atoms. The van der Waals surface area contributed by atoms with E-state index in [4.69, 9.17) is 23.7 Å². The Balaban J connectivity index is 1.14. The molecule has 0 saturated carbocycles. The van der Waals surface area contributed by atoms with Crippen molar-refractivity contribution in [3.63, 3.8) is 0 Å². The van der Waals surface area contributed by atoms with Crippen LogP contribution in [0.5, 0.6) is 11.6 Å². The zero-order valence-electron chi connectivity index (χ0n) is 24.1. The quantitative estimate of drug-likeness (QED) is 0.407. The predicted molar refractivity (Wildman–Crippen MR) is 156 cm³/mol. The fourth-order valence-corrected chi connectivity index (χ4v) is 7.82. The van der Waals surface area contributed by atoms with E-state index in [0.717, 1.165) is 51.3 Å². The maximum atomic E-state index is 11.8. The van der Waals surface area contributed by atoms with Gasteiger partial charge in [0.1, 0.15) is 22.2 Å². The Morgan fingerprint density at radius 1 is 1.12 bits per heavy atom. The second-order valence-electron chi connectivity index (χ2n) is 11.6. The fourth-order valence-electron chi connectivity index (χ4n) is 6.23. The van der Waals surface area contributed by atoms with Crippen molar-refractivity contribution in [2.24, 2.45) is 11.8 Å². The van der Waals surface area contributed by atoms with E-state index in [1.807, 2.05) is 18.2 Å². The minimum Gasteiger partial charge on any atom is -0.493 e. The number of carbonyl (C=O) groups excluding carboxylic acids is 1. The predicted octanol–water partition coefficient (Wildman–Crippen LogP) is 4.50. The average molecular weight is 596 g/mol. The number of hydrogen-bond acceptors (Lipinski definition) is 9. The number of rotatable bonds is 8. The van der Waals surface area contributed by atoms with Crippen molar-refractivity contribution in [2.75, 3.05) is 38.4 Å². The Hall–Kier alpha value is -3.37. The third kappa shape index (κ3) is 6.34. The van der Waals surface area contributed by atoms with Crippen LogP contribution in [0.3, 0.4) is 0 Å². The molecule has 0 radical (unpaired) electrons. The Morgan fingerprint density at radius 3 is 2.76 bits per heavy atom. The number of benzene rings is 1. The lowest BCUT2D eigenvalue weighted by atomic mass is 9.90. The minimum absolute atomic E-state index is 0.0503. The van der Waals surface area contributed by atoms with Crippen molar-refractivity contribution in [1.82, 2.24) is 4.98 Å². The summed E-state index contributed by atoms with van der Waals surface area (Å²) in [6.45, 7) is 3.99. The molecule has 2 atom stereocenters. The van der Waals surface area contributed by atoms with Crippen molar-refractivity contribution in [3.8, 4) is 22.8 Å². The van der Waals surface area contributed by atoms with E-state index in [9.17, 15) is 13.2 Å². The molecule has 42 heavy (non-hydrogen) atoms. The highest BCUT2D eigenvalue weighted by Gasteiger charge is 2.35. The molecule has 6 rings (SSSR count). The van der Waals surface area contributed by atoms with Crippen molar-refractivity contribution >= 4 is 15.8 Å². The van der Waals surface area contributed by atoms with Gasteiger partial charge in [0.15, 0.2) is 0 Å². The highest BCUT2D eigenvalue weighted by Crippen LogP contribution is 2.40. The van der Waals surface area contributed by atoms with Gasteiger partial charge in [0.05, 0.1) is 56.7 Å². The number of esters is 1. The van der Waals surface area contributed by atoms with Gasteiger partial charge < -0.3 is 23.7 Å². The maximum absolute atomic E-state index is 11.8. The third-order valence-electron chi connectivity index (χ3n) is 8.59. The van der Waals surface area contributed by atoms with Crippen LogP contribution in [0, 0.1) is 18.8 Å². The molecule has 9 nitrogen and oxygen atoms in total. The highest BCUT2D eigenvalue weighted by molar-refractivity contribution is 7.91. The summed E-state index contributed by atoms with van der Waals surface area (Å²) in [4.78, 5) is 16.4. The summed E-state index contributed by atoms with van der Waals surface area (Å²) in [7, 11) is -1.48. The van der Waals surface area contributed by atoms with Crippen molar-refractivity contribution in [3.05, 3.63) is 64.6 Å². The Labute approximate surface area is 246 Å². The molecule has 1 aromatic carbocycles. The number of allylic oxidation sites excluding steroid dienone is 2. The summed E-state index contributed by atoms with van der Waals surface area (Å²) in [6.07, 6.45) is 8.71. The Morgan fingerprint density at radius 2 is 1.95 bits per heavy atom. The lowest BCUT2D eigenvalue weighted by Gasteiger charge is -2.22. The van der Waals surface area contributed by atoms with Gasteiger partial charge in [-0.2, -0.15) is 0 Å². The van der Waals surface area contributed by atoms with Gasteiger partial charge in [-0.15, -0.1) is 0 Å². The maximum Gasteiger partial charge on any atom is 0.306 e. The number of aryl methyl sites for hydroxylation is 1. The summed E-state index contributed by atoms with van der Waals surface area (Å²) in [5.74, 6) is 2.82. The Bertz CT molecular complexity index is 1520. The second kappa shape index (κ2) is 12.1. The summed E-state index contributed by atoms with van der Waals surface area (Å²) in [6, 6.07) is 6.21. The van der Waals surface area contributed by atoms with Crippen LogP contribution in [-0.4, -0.2) is 63.9 Å². The number of aromatic nitrogens is 1. The lowest BCUT2D eigenvalue weighted by molar-refractivity contribution is -0.141. The third-order valence-corrected chi connectivity index (χ3v) is 10.3. The second-order valence-corrected chi connectivity index (χ2v) is 13.9. The van der Waals surface area contributed by atoms with Gasteiger partial charge in [-0.1, -0.05) is 6.08 Å². The average Bonchev–Trinajstić information content (AvgIpc) is 3.27. The minimum atomic E-state index is -2.88. The molecule has 0 amide bonds. The molecular weight excluding hydrogens is 558 g/mol. The summed E-state index contributed by atoms with van der Waals surface area (Å²) < 4.78 is 52.7. The number of sulfone groups is 1. The van der Waals surface area contributed by atoms with Gasteiger partial charge in [-0.05, 0) is 72.2 Å². The van der Waals surface area contributed by atoms with Gasteiger partial charge in [0.2, 0.25) is 5.88 Å². The first kappa shape index (κ1) is 28.7. The first-order valence-corrected chi connectivity index (χ1v) is 16.4. The van der Waals surface area contributed by atoms with Crippen molar-refractivity contribution < 1.29 is 36.9 Å². The smallest absolute Gasteiger partial charge is 0.306 e. The number of carbonyl (C=O) groups is 1. The first-order valence-electron chi connectivity index (χ1n) is 14.6. The van der Waals surface area contributed by atoms with Crippen LogP contribution < -0.4 is 9.47 Å². The SMILES string of the molecule is COC(=O)C[C@@H]1COC2CC(OCc3cnc4c(c3)-c3c(C)cc(OCC5CCS(=O)(=O)CC5)cc3CCO4)=CC=C21. The molecule has 3 aliphatic heterocycles. The molecule has 1 unspecified atom stereocenters. The van der Waals surface area contributed by atoms with Crippen LogP contribution in [0.25, 0.3) is 11.1 Å². The van der Waals surface area contributed by atoms with Crippen LogP contribution >= 0.6 is 0 Å². The van der Waals surface area contributed by atoms with Gasteiger partial charge in [-0.3, -0.25) is 4.79 Å². The zero-order valence-corrected chi connectivity index (χ0v) is 24.9. The standard InChI is InChI=1S/C32H37NO8S/c1-20-11-26(40-17-21-6-9-42(35,36)10-7-21)13-23-5-8-38-32-28(31(20)23)12-22(16-33-32)18-39-25-3-4-27-24(14-30(34)37-2)19-41-29(27)15-25/h3-4,11-13,16,21,24,29H,5-10,14-15,17-19H2,1-2H3/t24-,29?/m1/s1. The monoisotopic (exact) mass is 595 g/mol. The van der Waals surface area contributed by atoms with E-state index in [2.05, 4.69) is 24.0 Å². The molecule has 10 heteroatoms. The molecule has 4 heterocycles. The molecule has 2 saturated heterocycles. The Kier molecular flexibility index (Phi) is 8.27. The van der Waals surface area contributed by atoms with E-state index in [0.29, 0.717) is 58.0 Å². The number of ether oxygens (including phenoxy) is 5. The number of hydrogen-bond donors (Lipinski definition) is 0. The largest absolute Gasteiger partial charge is 0.493 e. The van der Waals surface area contributed by atoms with Crippen LogP contribution in [0.1, 0.15) is 42.4 Å². The molecule has 2 fully saturated rings.